The molecule has 28 heavy (non-hydrogen) atoms. The fourth-order valence-corrected chi connectivity index (χ4v) is 4.96. The first-order chi connectivity index (χ1) is 13.6. The minimum absolute atomic E-state index is 0.113. The molecule has 0 unspecified atom stereocenters. The Bertz CT molecular complexity index is 1010. The van der Waals surface area contributed by atoms with Crippen molar-refractivity contribution in [3.8, 4) is 17.0 Å². The number of aromatic hydroxyl groups is 1. The van der Waals surface area contributed by atoms with Crippen LogP contribution in [0.3, 0.4) is 0 Å². The van der Waals surface area contributed by atoms with Crippen molar-refractivity contribution in [3.05, 3.63) is 34.9 Å². The third kappa shape index (κ3) is 3.10. The van der Waals surface area contributed by atoms with Crippen LogP contribution >= 0.6 is 11.6 Å². The molecule has 1 aromatic carbocycles. The van der Waals surface area contributed by atoms with E-state index in [1.807, 2.05) is 25.1 Å². The Balaban J connectivity index is 1.44. The first kappa shape index (κ1) is 17.8. The minimum atomic E-state index is 0.113. The monoisotopic (exact) mass is 398 g/mol. The zero-order chi connectivity index (χ0) is 19.3. The number of piperidine rings is 1. The van der Waals surface area contributed by atoms with Crippen LogP contribution in [0, 0.1) is 6.92 Å². The summed E-state index contributed by atoms with van der Waals surface area (Å²) in [5.41, 5.74) is 3.35. The van der Waals surface area contributed by atoms with Crippen molar-refractivity contribution in [1.82, 2.24) is 14.9 Å². The molecule has 146 valence electrons. The highest BCUT2D eigenvalue weighted by molar-refractivity contribution is 6.31. The molecule has 0 saturated carbocycles. The van der Waals surface area contributed by atoms with Gasteiger partial charge in [0.25, 0.3) is 6.01 Å². The van der Waals surface area contributed by atoms with E-state index < -0.39 is 0 Å². The van der Waals surface area contributed by atoms with E-state index in [4.69, 9.17) is 16.0 Å². The molecule has 2 aliphatic rings. The summed E-state index contributed by atoms with van der Waals surface area (Å²) in [7, 11) is 0. The molecule has 7 heteroatoms. The quantitative estimate of drug-likeness (QED) is 0.671. The number of hydrogen-bond donors (Lipinski definition) is 2. The fourth-order valence-electron chi connectivity index (χ4n) is 4.70. The molecule has 2 fully saturated rings. The second kappa shape index (κ2) is 6.94. The molecule has 2 atom stereocenters. The predicted octanol–water partition coefficient (Wildman–Crippen LogP) is 4.60. The second-order valence-electron chi connectivity index (χ2n) is 7.79. The SMILES string of the molecule is Cc1cc(Cl)cc(O)c1-c1ccc2oc(N[C@H]3CCCN4CCC[C@H]34)nc2n1. The summed E-state index contributed by atoms with van der Waals surface area (Å²) in [6.07, 6.45) is 4.84. The van der Waals surface area contributed by atoms with Gasteiger partial charge in [-0.15, -0.1) is 0 Å². The van der Waals surface area contributed by atoms with Gasteiger partial charge in [0.1, 0.15) is 5.75 Å². The van der Waals surface area contributed by atoms with E-state index in [1.54, 1.807) is 0 Å². The number of nitrogens with zero attached hydrogens (tertiary/aromatic N) is 3. The fraction of sp³-hybridized carbons (Fsp3) is 0.429. The predicted molar refractivity (Wildman–Crippen MR) is 110 cm³/mol. The lowest BCUT2D eigenvalue weighted by Crippen LogP contribution is -2.47. The van der Waals surface area contributed by atoms with Gasteiger partial charge in [0.2, 0.25) is 5.65 Å². The van der Waals surface area contributed by atoms with Gasteiger partial charge in [-0.2, -0.15) is 4.98 Å². The van der Waals surface area contributed by atoms with Gasteiger partial charge in [-0.25, -0.2) is 4.98 Å². The molecular weight excluding hydrogens is 376 g/mol. The summed E-state index contributed by atoms with van der Waals surface area (Å²) < 4.78 is 5.90. The summed E-state index contributed by atoms with van der Waals surface area (Å²) in [6.45, 7) is 4.30. The molecule has 0 amide bonds. The molecular formula is C21H23ClN4O2. The lowest BCUT2D eigenvalue weighted by Gasteiger charge is -2.36. The van der Waals surface area contributed by atoms with E-state index in [0.29, 0.717) is 45.6 Å². The maximum absolute atomic E-state index is 10.3. The largest absolute Gasteiger partial charge is 0.507 e. The number of hydrogen-bond acceptors (Lipinski definition) is 6. The van der Waals surface area contributed by atoms with Gasteiger partial charge in [0.15, 0.2) is 5.58 Å². The third-order valence-electron chi connectivity index (χ3n) is 5.94. The summed E-state index contributed by atoms with van der Waals surface area (Å²) in [6, 6.07) is 8.50. The van der Waals surface area contributed by atoms with Gasteiger partial charge < -0.3 is 14.8 Å². The van der Waals surface area contributed by atoms with Crippen molar-refractivity contribution < 1.29 is 9.52 Å². The number of halogens is 1. The molecule has 2 N–H and O–H groups in total. The van der Waals surface area contributed by atoms with Gasteiger partial charge in [0.05, 0.1) is 5.69 Å². The van der Waals surface area contributed by atoms with E-state index in [9.17, 15) is 5.11 Å². The highest BCUT2D eigenvalue weighted by Crippen LogP contribution is 2.35. The number of anilines is 1. The molecule has 0 radical (unpaired) electrons. The van der Waals surface area contributed by atoms with Crippen LogP contribution in [-0.2, 0) is 0 Å². The number of fused-ring (bicyclic) bond motifs is 2. The normalized spacial score (nSPS) is 22.5. The summed E-state index contributed by atoms with van der Waals surface area (Å²) in [5, 5.41) is 14.3. The van der Waals surface area contributed by atoms with Gasteiger partial charge in [-0.05, 0) is 75.5 Å². The molecule has 2 saturated heterocycles. The lowest BCUT2D eigenvalue weighted by atomic mass is 9.97. The molecule has 4 heterocycles. The Kier molecular flexibility index (Phi) is 4.40. The van der Waals surface area contributed by atoms with Crippen molar-refractivity contribution >= 4 is 28.8 Å². The molecule has 6 nitrogen and oxygen atoms in total. The maximum Gasteiger partial charge on any atom is 0.297 e. The van der Waals surface area contributed by atoms with Gasteiger partial charge in [-0.1, -0.05) is 11.6 Å². The third-order valence-corrected chi connectivity index (χ3v) is 6.16. The first-order valence-corrected chi connectivity index (χ1v) is 10.2. The summed E-state index contributed by atoms with van der Waals surface area (Å²) in [5.74, 6) is 0.113. The molecule has 0 aliphatic carbocycles. The van der Waals surface area contributed by atoms with E-state index in [-0.39, 0.29) is 5.75 Å². The molecule has 0 bridgehead atoms. The molecule has 3 aromatic rings. The Labute approximate surface area is 168 Å². The number of aromatic nitrogens is 2. The Morgan fingerprint density at radius 2 is 2.00 bits per heavy atom. The minimum Gasteiger partial charge on any atom is -0.507 e. The van der Waals surface area contributed by atoms with E-state index >= 15 is 0 Å². The number of oxazole rings is 1. The van der Waals surface area contributed by atoms with Crippen LogP contribution in [0.2, 0.25) is 5.02 Å². The average Bonchev–Trinajstić information content (AvgIpc) is 3.27. The number of nitrogens with one attached hydrogen (secondary N) is 1. The highest BCUT2D eigenvalue weighted by Gasteiger charge is 2.35. The number of phenols is 1. The van der Waals surface area contributed by atoms with Crippen LogP contribution in [0.15, 0.2) is 28.7 Å². The standard InChI is InChI=1S/C21H23ClN4O2/c1-12-10-13(22)11-17(27)19(12)15-6-7-18-20(23-15)25-21(28-18)24-14-4-2-8-26-9-3-5-16(14)26/h6-7,10-11,14,16,27H,2-5,8-9H2,1H3,(H,23,24,25)/t14-,16+/m0/s1. The van der Waals surface area contributed by atoms with Crippen molar-refractivity contribution in [2.45, 2.75) is 44.7 Å². The number of pyridine rings is 1. The molecule has 2 aliphatic heterocycles. The topological polar surface area (TPSA) is 74.4 Å². The first-order valence-electron chi connectivity index (χ1n) is 9.86. The van der Waals surface area contributed by atoms with Crippen LogP contribution < -0.4 is 5.32 Å². The molecule has 0 spiro atoms. The molecule has 2 aromatic heterocycles. The number of phenolic OH excluding ortho intramolecular Hbond substituents is 1. The van der Waals surface area contributed by atoms with Crippen LogP contribution in [0.1, 0.15) is 31.2 Å². The summed E-state index contributed by atoms with van der Waals surface area (Å²) >= 11 is 6.02. The van der Waals surface area contributed by atoms with Crippen LogP contribution in [0.5, 0.6) is 5.75 Å². The summed E-state index contributed by atoms with van der Waals surface area (Å²) in [4.78, 5) is 11.8. The number of rotatable bonds is 3. The van der Waals surface area contributed by atoms with Crippen molar-refractivity contribution in [1.29, 1.82) is 0 Å². The smallest absolute Gasteiger partial charge is 0.297 e. The number of aryl methyl sites for hydroxylation is 1. The zero-order valence-corrected chi connectivity index (χ0v) is 16.5. The zero-order valence-electron chi connectivity index (χ0n) is 15.8. The Morgan fingerprint density at radius 1 is 1.18 bits per heavy atom. The van der Waals surface area contributed by atoms with Crippen LogP contribution in [0.4, 0.5) is 6.01 Å². The molecule has 5 rings (SSSR count). The van der Waals surface area contributed by atoms with Crippen molar-refractivity contribution in [2.24, 2.45) is 0 Å². The maximum atomic E-state index is 10.3. The van der Waals surface area contributed by atoms with Crippen LogP contribution in [-0.4, -0.2) is 45.1 Å². The van der Waals surface area contributed by atoms with Crippen molar-refractivity contribution in [3.63, 3.8) is 0 Å². The van der Waals surface area contributed by atoms with Gasteiger partial charge in [0, 0.05) is 22.7 Å². The lowest BCUT2D eigenvalue weighted by molar-refractivity contribution is 0.181. The van der Waals surface area contributed by atoms with E-state index in [1.165, 1.54) is 38.4 Å². The van der Waals surface area contributed by atoms with E-state index in [2.05, 4.69) is 20.2 Å². The van der Waals surface area contributed by atoms with Crippen LogP contribution in [0.25, 0.3) is 22.5 Å². The van der Waals surface area contributed by atoms with Gasteiger partial charge >= 0.3 is 0 Å². The van der Waals surface area contributed by atoms with Crippen molar-refractivity contribution in [2.75, 3.05) is 18.4 Å². The van der Waals surface area contributed by atoms with E-state index in [0.717, 1.165) is 12.0 Å². The Morgan fingerprint density at radius 3 is 2.82 bits per heavy atom. The second-order valence-corrected chi connectivity index (χ2v) is 8.23. The highest BCUT2D eigenvalue weighted by atomic mass is 35.5. The number of benzene rings is 1. The van der Waals surface area contributed by atoms with Gasteiger partial charge in [-0.3, -0.25) is 4.90 Å². The Hall–Kier alpha value is -2.31. The average molecular weight is 399 g/mol.